The second-order valence-electron chi connectivity index (χ2n) is 11.7. The van der Waals surface area contributed by atoms with Gasteiger partial charge in [0.25, 0.3) is 0 Å². The van der Waals surface area contributed by atoms with Gasteiger partial charge >= 0.3 is 0 Å². The van der Waals surface area contributed by atoms with Crippen molar-refractivity contribution >= 4 is 23.4 Å². The SMILES string of the molecule is CN1CCN(C(=O)C[C@@]2(COc3ccc(Cl)cc3)CCCN(C(=O)C3(c4cccc(F)c4)CCCC3)C2)CC1. The quantitative estimate of drug-likeness (QED) is 0.474. The average Bonchev–Trinajstić information content (AvgIpc) is 3.44. The first kappa shape index (κ1) is 27.9. The number of likely N-dealkylation sites (N-methyl/N-ethyl adjacent to an activating group) is 1. The summed E-state index contributed by atoms with van der Waals surface area (Å²) < 4.78 is 20.5. The van der Waals surface area contributed by atoms with Crippen LogP contribution >= 0.6 is 11.6 Å². The fourth-order valence-corrected chi connectivity index (χ4v) is 6.77. The highest BCUT2D eigenvalue weighted by Gasteiger charge is 2.48. The standard InChI is InChI=1S/C31H39ClFN3O3/c1-34-16-18-35(19-17-34)28(37)21-30(23-39-27-10-8-25(32)9-11-27)12-5-15-36(22-30)29(38)31(13-2-3-14-31)24-6-4-7-26(33)20-24/h4,6-11,20H,2-3,5,12-19,21-23H2,1H3/t30-/m0/s1. The Bertz CT molecular complexity index is 1160. The van der Waals surface area contributed by atoms with Crippen LogP contribution in [-0.4, -0.2) is 79.4 Å². The van der Waals surface area contributed by atoms with Crippen LogP contribution in [-0.2, 0) is 15.0 Å². The van der Waals surface area contributed by atoms with Crippen molar-refractivity contribution in [1.29, 1.82) is 0 Å². The van der Waals surface area contributed by atoms with Gasteiger partial charge < -0.3 is 19.4 Å². The number of likely N-dealkylation sites (tertiary alicyclic amines) is 1. The minimum Gasteiger partial charge on any atom is -0.493 e. The number of benzene rings is 2. The monoisotopic (exact) mass is 555 g/mol. The van der Waals surface area contributed by atoms with Gasteiger partial charge in [-0.05, 0) is 74.7 Å². The summed E-state index contributed by atoms with van der Waals surface area (Å²) in [6.45, 7) is 4.59. The summed E-state index contributed by atoms with van der Waals surface area (Å²) in [6, 6.07) is 13.8. The van der Waals surface area contributed by atoms with Crippen LogP contribution in [0.2, 0.25) is 5.02 Å². The summed E-state index contributed by atoms with van der Waals surface area (Å²) in [6.07, 6.45) is 5.27. The van der Waals surface area contributed by atoms with Crippen LogP contribution in [0.3, 0.4) is 0 Å². The second kappa shape index (κ2) is 11.8. The smallest absolute Gasteiger partial charge is 0.233 e. The maximum absolute atomic E-state index is 14.3. The summed E-state index contributed by atoms with van der Waals surface area (Å²) in [5.41, 5.74) is -0.438. The lowest BCUT2D eigenvalue weighted by Gasteiger charge is -2.46. The fourth-order valence-electron chi connectivity index (χ4n) is 6.64. The molecule has 0 aromatic heterocycles. The van der Waals surface area contributed by atoms with Crippen LogP contribution in [0, 0.1) is 11.2 Å². The van der Waals surface area contributed by atoms with Crippen molar-refractivity contribution in [2.45, 2.75) is 50.4 Å². The van der Waals surface area contributed by atoms with Crippen LogP contribution < -0.4 is 4.74 Å². The number of nitrogens with zero attached hydrogens (tertiary/aromatic N) is 3. The molecule has 2 aromatic carbocycles. The van der Waals surface area contributed by atoms with E-state index in [2.05, 4.69) is 11.9 Å². The van der Waals surface area contributed by atoms with E-state index in [0.29, 0.717) is 36.9 Å². The molecule has 1 atom stereocenters. The van der Waals surface area contributed by atoms with Gasteiger partial charge in [-0.1, -0.05) is 36.6 Å². The summed E-state index contributed by atoms with van der Waals surface area (Å²) >= 11 is 6.07. The molecule has 39 heavy (non-hydrogen) atoms. The van der Waals surface area contributed by atoms with Crippen molar-refractivity contribution in [3.8, 4) is 5.75 Å². The molecule has 2 amide bonds. The largest absolute Gasteiger partial charge is 0.493 e. The minimum atomic E-state index is -0.705. The Morgan fingerprint density at radius 1 is 0.923 bits per heavy atom. The Morgan fingerprint density at radius 3 is 2.33 bits per heavy atom. The molecule has 0 N–H and O–H groups in total. The van der Waals surface area contributed by atoms with Crippen molar-refractivity contribution in [2.24, 2.45) is 5.41 Å². The first-order chi connectivity index (χ1) is 18.8. The molecule has 3 fully saturated rings. The molecule has 2 aromatic rings. The number of piperidine rings is 1. The van der Waals surface area contributed by atoms with E-state index in [-0.39, 0.29) is 17.6 Å². The Hall–Kier alpha value is -2.64. The van der Waals surface area contributed by atoms with Gasteiger partial charge in [0.05, 0.1) is 12.0 Å². The van der Waals surface area contributed by atoms with Gasteiger partial charge in [0, 0.05) is 56.1 Å². The first-order valence-corrected chi connectivity index (χ1v) is 14.6. The number of rotatable bonds is 7. The molecule has 0 radical (unpaired) electrons. The molecular weight excluding hydrogens is 517 g/mol. The Kier molecular flexibility index (Phi) is 8.48. The Labute approximate surface area is 236 Å². The van der Waals surface area contributed by atoms with Crippen LogP contribution in [0.15, 0.2) is 48.5 Å². The van der Waals surface area contributed by atoms with Gasteiger partial charge in [-0.3, -0.25) is 9.59 Å². The van der Waals surface area contributed by atoms with Gasteiger partial charge in [0.2, 0.25) is 11.8 Å². The Morgan fingerprint density at radius 2 is 1.64 bits per heavy atom. The molecule has 8 heteroatoms. The highest BCUT2D eigenvalue weighted by molar-refractivity contribution is 6.30. The minimum absolute atomic E-state index is 0.0632. The van der Waals surface area contributed by atoms with Crippen molar-refractivity contribution in [3.63, 3.8) is 0 Å². The van der Waals surface area contributed by atoms with Gasteiger partial charge in [-0.25, -0.2) is 4.39 Å². The van der Waals surface area contributed by atoms with E-state index in [1.54, 1.807) is 18.2 Å². The van der Waals surface area contributed by atoms with E-state index in [9.17, 15) is 14.0 Å². The van der Waals surface area contributed by atoms with Gasteiger partial charge in [0.15, 0.2) is 0 Å². The first-order valence-electron chi connectivity index (χ1n) is 14.2. The predicted molar refractivity (Wildman–Crippen MR) is 150 cm³/mol. The molecule has 6 nitrogen and oxygen atoms in total. The molecule has 210 valence electrons. The second-order valence-corrected chi connectivity index (χ2v) is 12.2. The fraction of sp³-hybridized carbons (Fsp3) is 0.548. The summed E-state index contributed by atoms with van der Waals surface area (Å²) in [5.74, 6) is 0.570. The number of ether oxygens (including phenoxy) is 1. The molecular formula is C31H39ClFN3O3. The molecule has 0 unspecified atom stereocenters. The lowest BCUT2D eigenvalue weighted by Crippen LogP contribution is -2.56. The zero-order valence-electron chi connectivity index (χ0n) is 22.8. The lowest BCUT2D eigenvalue weighted by atomic mass is 9.74. The maximum Gasteiger partial charge on any atom is 0.233 e. The number of carbonyl (C=O) groups is 2. The molecule has 1 saturated carbocycles. The predicted octanol–water partition coefficient (Wildman–Crippen LogP) is 5.14. The van der Waals surface area contributed by atoms with Crippen molar-refractivity contribution in [1.82, 2.24) is 14.7 Å². The number of hydrogen-bond acceptors (Lipinski definition) is 4. The van der Waals surface area contributed by atoms with Crippen molar-refractivity contribution in [3.05, 3.63) is 64.9 Å². The van der Waals surface area contributed by atoms with Gasteiger partial charge in [-0.15, -0.1) is 0 Å². The number of amides is 2. The summed E-state index contributed by atoms with van der Waals surface area (Å²) in [4.78, 5) is 34.0. The maximum atomic E-state index is 14.3. The van der Waals surface area contributed by atoms with Gasteiger partial charge in [-0.2, -0.15) is 0 Å². The third kappa shape index (κ3) is 6.25. The average molecular weight is 556 g/mol. The molecule has 2 heterocycles. The van der Waals surface area contributed by atoms with E-state index >= 15 is 0 Å². The van der Waals surface area contributed by atoms with Crippen LogP contribution in [0.1, 0.15) is 50.5 Å². The normalized spacial score (nSPS) is 23.6. The van der Waals surface area contributed by atoms with E-state index in [0.717, 1.165) is 70.3 Å². The summed E-state index contributed by atoms with van der Waals surface area (Å²) in [7, 11) is 2.07. The lowest BCUT2D eigenvalue weighted by molar-refractivity contribution is -0.146. The highest BCUT2D eigenvalue weighted by atomic mass is 35.5. The third-order valence-electron chi connectivity index (χ3n) is 8.93. The van der Waals surface area contributed by atoms with E-state index in [1.807, 2.05) is 28.0 Å². The number of halogens is 2. The van der Waals surface area contributed by atoms with Gasteiger partial charge in [0.1, 0.15) is 11.6 Å². The van der Waals surface area contributed by atoms with Crippen LogP contribution in [0.25, 0.3) is 0 Å². The van der Waals surface area contributed by atoms with E-state index < -0.39 is 10.8 Å². The molecule has 0 bridgehead atoms. The third-order valence-corrected chi connectivity index (χ3v) is 9.19. The number of piperazine rings is 1. The summed E-state index contributed by atoms with van der Waals surface area (Å²) in [5, 5.41) is 0.635. The molecule has 3 aliphatic rings. The zero-order chi connectivity index (χ0) is 27.5. The molecule has 0 spiro atoms. The zero-order valence-corrected chi connectivity index (χ0v) is 23.6. The van der Waals surface area contributed by atoms with Crippen LogP contribution in [0.4, 0.5) is 4.39 Å². The number of hydrogen-bond donors (Lipinski definition) is 0. The van der Waals surface area contributed by atoms with Crippen molar-refractivity contribution in [2.75, 3.05) is 52.9 Å². The Balaban J connectivity index is 1.39. The van der Waals surface area contributed by atoms with E-state index in [4.69, 9.17) is 16.3 Å². The topological polar surface area (TPSA) is 53.1 Å². The molecule has 5 rings (SSSR count). The molecule has 2 aliphatic heterocycles. The number of carbonyl (C=O) groups excluding carboxylic acids is 2. The van der Waals surface area contributed by atoms with Crippen molar-refractivity contribution < 1.29 is 18.7 Å². The van der Waals surface area contributed by atoms with Crippen LogP contribution in [0.5, 0.6) is 5.75 Å². The molecule has 2 saturated heterocycles. The molecule has 1 aliphatic carbocycles. The van der Waals surface area contributed by atoms with E-state index in [1.165, 1.54) is 12.1 Å². The highest BCUT2D eigenvalue weighted by Crippen LogP contribution is 2.45.